The second kappa shape index (κ2) is 44.3. The molecule has 0 bridgehead atoms. The van der Waals surface area contributed by atoms with Crippen molar-refractivity contribution in [3.05, 3.63) is 270 Å². The molecule has 0 aliphatic carbocycles. The molecule has 0 amide bonds. The predicted molar refractivity (Wildman–Crippen MR) is 458 cm³/mol. The van der Waals surface area contributed by atoms with Crippen molar-refractivity contribution in [3.8, 4) is 11.5 Å². The zero-order chi connectivity index (χ0) is 78.1. The maximum Gasteiger partial charge on any atom is 0.138 e. The van der Waals surface area contributed by atoms with Gasteiger partial charge in [0.2, 0.25) is 0 Å². The molecule has 1 unspecified atom stereocenters. The highest BCUT2D eigenvalue weighted by atomic mass is 35.5. The summed E-state index contributed by atoms with van der Waals surface area (Å²) in [6.45, 7) is 69.0. The van der Waals surface area contributed by atoms with Gasteiger partial charge in [-0.05, 0) is 218 Å². The summed E-state index contributed by atoms with van der Waals surface area (Å²) in [4.78, 5) is 0. The van der Waals surface area contributed by atoms with Gasteiger partial charge in [-0.3, -0.25) is 0 Å². The molecule has 0 saturated heterocycles. The van der Waals surface area contributed by atoms with Gasteiger partial charge in [-0.2, -0.15) is 0 Å². The Morgan fingerprint density at radius 2 is 0.725 bits per heavy atom. The van der Waals surface area contributed by atoms with Gasteiger partial charge in [-0.15, -0.1) is 0 Å². The number of halogens is 3. The molecular weight excluding hydrogens is 1300 g/mol. The first kappa shape index (κ1) is 94.2. The molecule has 0 spiro atoms. The second-order valence-corrected chi connectivity index (χ2v) is 38.6. The smallest absolute Gasteiger partial charge is 0.138 e. The maximum absolute atomic E-state index is 6.16. The van der Waals surface area contributed by atoms with Gasteiger partial charge in [-0.1, -0.05) is 381 Å². The van der Waals surface area contributed by atoms with Gasteiger partial charge >= 0.3 is 0 Å². The van der Waals surface area contributed by atoms with Crippen molar-refractivity contribution in [1.82, 2.24) is 0 Å². The van der Waals surface area contributed by atoms with Crippen molar-refractivity contribution in [2.24, 2.45) is 32.5 Å². The maximum atomic E-state index is 6.16. The van der Waals surface area contributed by atoms with Gasteiger partial charge in [0.1, 0.15) is 17.6 Å². The summed E-state index contributed by atoms with van der Waals surface area (Å²) < 4.78 is 11.4. The minimum Gasteiger partial charge on any atom is -0.493 e. The van der Waals surface area contributed by atoms with Gasteiger partial charge in [0.05, 0.1) is 11.6 Å². The number of hydrogen-bond acceptors (Lipinski definition) is 2. The molecule has 0 saturated carbocycles. The van der Waals surface area contributed by atoms with Crippen LogP contribution in [0.4, 0.5) is 0 Å². The van der Waals surface area contributed by atoms with Crippen LogP contribution in [0.2, 0.25) is 15.1 Å². The summed E-state index contributed by atoms with van der Waals surface area (Å²) >= 11 is 18.1. The van der Waals surface area contributed by atoms with Crippen LogP contribution in [-0.4, -0.2) is 12.7 Å². The number of rotatable bonds is 12. The first-order valence-corrected chi connectivity index (χ1v) is 38.7. The van der Waals surface area contributed by atoms with Crippen LogP contribution in [0.15, 0.2) is 188 Å². The predicted octanol–water partition coefficient (Wildman–Crippen LogP) is 31.1. The first-order valence-electron chi connectivity index (χ1n) is 37.5. The fourth-order valence-corrected chi connectivity index (χ4v) is 9.91. The molecule has 8 rings (SSSR count). The zero-order valence-electron chi connectivity index (χ0n) is 70.3. The van der Waals surface area contributed by atoms with E-state index in [0.717, 1.165) is 33.5 Å². The van der Waals surface area contributed by atoms with Crippen molar-refractivity contribution in [3.63, 3.8) is 0 Å². The lowest BCUT2D eigenvalue weighted by Gasteiger charge is -2.28. The third kappa shape index (κ3) is 47.6. The highest BCUT2D eigenvalue weighted by Gasteiger charge is 2.23. The molecule has 0 aliphatic heterocycles. The molecule has 1 atom stereocenters. The Hall–Kier alpha value is -5.77. The van der Waals surface area contributed by atoms with E-state index in [1.807, 2.05) is 55.5 Å². The van der Waals surface area contributed by atoms with E-state index in [-0.39, 0.29) is 27.8 Å². The Bertz CT molecular complexity index is 3550. The van der Waals surface area contributed by atoms with Crippen molar-refractivity contribution in [1.29, 1.82) is 0 Å². The Labute approximate surface area is 643 Å². The lowest BCUT2D eigenvalue weighted by atomic mass is 9.86. The van der Waals surface area contributed by atoms with Gasteiger partial charge in [-0.25, -0.2) is 0 Å². The number of ether oxygens (including phenoxy) is 2. The van der Waals surface area contributed by atoms with Gasteiger partial charge < -0.3 is 9.47 Å². The topological polar surface area (TPSA) is 18.5 Å². The molecule has 8 aromatic rings. The molecule has 0 aliphatic rings. The average Bonchev–Trinajstić information content (AvgIpc) is 0.898. The van der Waals surface area contributed by atoms with Crippen LogP contribution in [0.1, 0.15) is 266 Å². The van der Waals surface area contributed by atoms with E-state index in [0.29, 0.717) is 33.3 Å². The van der Waals surface area contributed by atoms with Crippen molar-refractivity contribution in [2.75, 3.05) is 6.61 Å². The third-order valence-corrected chi connectivity index (χ3v) is 17.9. The summed E-state index contributed by atoms with van der Waals surface area (Å²) in [5.41, 5.74) is 18.8. The molecule has 0 radical (unpaired) electrons. The Morgan fingerprint density at radius 3 is 1.15 bits per heavy atom. The van der Waals surface area contributed by atoms with Crippen molar-refractivity contribution >= 4 is 34.8 Å². The van der Waals surface area contributed by atoms with Gasteiger partial charge in [0, 0.05) is 10.0 Å². The van der Waals surface area contributed by atoms with E-state index in [2.05, 4.69) is 347 Å². The number of aryl methyl sites for hydroxylation is 10. The van der Waals surface area contributed by atoms with E-state index >= 15 is 0 Å². The monoisotopic (exact) mass is 1450 g/mol. The normalized spacial score (nSPS) is 11.9. The van der Waals surface area contributed by atoms with Gasteiger partial charge in [0.25, 0.3) is 0 Å². The number of hydrogen-bond donors (Lipinski definition) is 0. The van der Waals surface area contributed by atoms with E-state index in [9.17, 15) is 0 Å². The molecule has 0 aromatic heterocycles. The Balaban J connectivity index is 0.000000584. The first-order chi connectivity index (χ1) is 46.7. The van der Waals surface area contributed by atoms with Crippen LogP contribution in [0, 0.1) is 74.0 Å². The highest BCUT2D eigenvalue weighted by molar-refractivity contribution is 6.32. The fourth-order valence-electron chi connectivity index (χ4n) is 9.23. The minimum atomic E-state index is 0.124. The molecule has 0 heterocycles. The lowest BCUT2D eigenvalue weighted by Crippen LogP contribution is -2.28. The van der Waals surface area contributed by atoms with E-state index in [4.69, 9.17) is 44.3 Å². The molecule has 0 fully saturated rings. The summed E-state index contributed by atoms with van der Waals surface area (Å²) in [6.07, 6.45) is 9.77. The summed E-state index contributed by atoms with van der Waals surface area (Å²) in [5.74, 6) is 1.60. The molecule has 8 aromatic carbocycles. The highest BCUT2D eigenvalue weighted by Crippen LogP contribution is 2.32. The summed E-state index contributed by atoms with van der Waals surface area (Å²) in [5, 5.41) is 2.34. The van der Waals surface area contributed by atoms with Gasteiger partial charge in [0.15, 0.2) is 0 Å². The summed E-state index contributed by atoms with van der Waals surface area (Å²) in [7, 11) is 0. The minimum absolute atomic E-state index is 0.124. The SMILES string of the molecule is CC(C)(C)CCc1ccccc1.CC(Oc1ccccc1Cl)C(C)(C)C.Cc1ccc(C(C)(C)C)cc1.Cc1ccc(CCC(C)(C)C)c(Cl)c1.Cc1ccc(CCC(C)(C)C)cc1.Cc1ccc(OCC(C)(C)C)cc1Cl.Cc1cccc(C(C)(C)C)c1.Cc1cccc(CCC(C)(C)C)c1. The quantitative estimate of drug-likeness (QED) is 0.121. The largest absolute Gasteiger partial charge is 0.493 e. The zero-order valence-corrected chi connectivity index (χ0v) is 72.6. The molecule has 564 valence electrons. The summed E-state index contributed by atoms with van der Waals surface area (Å²) in [6, 6.07) is 65.4. The van der Waals surface area contributed by atoms with Crippen LogP contribution in [-0.2, 0) is 36.5 Å². The Morgan fingerprint density at radius 1 is 0.314 bits per heavy atom. The molecule has 0 N–H and O–H groups in total. The standard InChI is InChI=1S/C13H19Cl.2C13H20.2C12H17ClO.C12H18.2C11H16/c1-10-5-6-11(12(14)9-10)7-8-13(2,3)4;1-11-5-7-12(8-6-11)9-10-13(2,3)4;1-11-6-5-7-12(10-11)8-9-13(2,3)4;1-9-5-6-10(7-11(9)13)14-8-12(2,3)4;1-9(12(2,3)4)14-11-8-6-5-7-10(11)13;1-12(2,3)10-9-11-7-5-4-6-8-11;1-9-5-7-10(8-6-9)11(2,3)4;1-9-6-5-7-10(8-9)11(2,3)4/h5-6,9H,7-8H2,1-4H3;5-8H,9-10H2,1-4H3;5-7,10H,8-9H2,1-4H3;5-7H,8H2,1-4H3;5-9H,1-4H3;4-8H,9-10H2,1-3H3;2*5-8H,1-4H3. The second-order valence-electron chi connectivity index (χ2n) is 37.4. The lowest BCUT2D eigenvalue weighted by molar-refractivity contribution is 0.104. The Kier molecular flexibility index (Phi) is 40.9. The van der Waals surface area contributed by atoms with Crippen LogP contribution < -0.4 is 9.47 Å². The average molecular weight is 1450 g/mol. The molecule has 5 heteroatoms. The van der Waals surface area contributed by atoms with Crippen LogP contribution in [0.3, 0.4) is 0 Å². The van der Waals surface area contributed by atoms with E-state index in [1.54, 1.807) is 0 Å². The van der Waals surface area contributed by atoms with Crippen molar-refractivity contribution < 1.29 is 9.47 Å². The third-order valence-electron chi connectivity index (χ3n) is 16.9. The van der Waals surface area contributed by atoms with Crippen LogP contribution in [0.5, 0.6) is 11.5 Å². The molecule has 2 nitrogen and oxygen atoms in total. The number of benzene rings is 8. The molecular formula is C97H143Cl3O2. The fraction of sp³-hybridized carbons (Fsp3) is 0.505. The number of para-hydroxylation sites is 1. The van der Waals surface area contributed by atoms with E-state index < -0.39 is 0 Å². The van der Waals surface area contributed by atoms with Crippen molar-refractivity contribution in [2.45, 2.75) is 283 Å². The van der Waals surface area contributed by atoms with E-state index in [1.165, 1.54) is 106 Å². The van der Waals surface area contributed by atoms with Crippen LogP contribution >= 0.6 is 34.8 Å². The van der Waals surface area contributed by atoms with Crippen LogP contribution in [0.25, 0.3) is 0 Å². The molecule has 102 heavy (non-hydrogen) atoms.